The molecule has 1 unspecified atom stereocenters. The molecule has 0 saturated heterocycles. The second-order valence-electron chi connectivity index (χ2n) is 5.27. The van der Waals surface area contributed by atoms with Crippen molar-refractivity contribution >= 4 is 16.0 Å². The van der Waals surface area contributed by atoms with Crippen molar-refractivity contribution in [3.05, 3.63) is 18.0 Å². The minimum atomic E-state index is -3.71. The van der Waals surface area contributed by atoms with Gasteiger partial charge < -0.3 is 14.6 Å². The molecule has 0 bridgehead atoms. The number of nitrogens with one attached hydrogen (secondary N) is 1. The topological polar surface area (TPSA) is 91.6 Å². The molecule has 8 heteroatoms. The molecule has 0 aliphatic heterocycles. The summed E-state index contributed by atoms with van der Waals surface area (Å²) in [5, 5.41) is 9.06. The van der Waals surface area contributed by atoms with E-state index in [1.807, 2.05) is 19.0 Å². The summed E-state index contributed by atoms with van der Waals surface area (Å²) in [6.07, 6.45) is 2.02. The molecule has 1 heterocycles. The van der Waals surface area contributed by atoms with Crippen LogP contribution in [-0.2, 0) is 16.6 Å². The molecule has 0 amide bonds. The van der Waals surface area contributed by atoms with E-state index in [0.29, 0.717) is 13.0 Å². The van der Waals surface area contributed by atoms with Gasteiger partial charge in [0.25, 0.3) is 0 Å². The summed E-state index contributed by atoms with van der Waals surface area (Å²) in [7, 11) is 0.131. The zero-order valence-electron chi connectivity index (χ0n) is 12.8. The summed E-state index contributed by atoms with van der Waals surface area (Å²) in [6, 6.07) is 0.961. The van der Waals surface area contributed by atoms with Gasteiger partial charge in [0.1, 0.15) is 10.6 Å². The molecule has 21 heavy (non-hydrogen) atoms. The van der Waals surface area contributed by atoms with Crippen molar-refractivity contribution in [3.8, 4) is 0 Å². The molecule has 0 radical (unpaired) electrons. The van der Waals surface area contributed by atoms with Crippen LogP contribution in [0.1, 0.15) is 30.8 Å². The number of aromatic carboxylic acids is 1. The van der Waals surface area contributed by atoms with Crippen LogP contribution < -0.4 is 4.72 Å². The molecule has 0 fully saturated rings. The maximum absolute atomic E-state index is 12.3. The molecule has 1 aromatic rings. The van der Waals surface area contributed by atoms with Crippen molar-refractivity contribution in [2.45, 2.75) is 37.8 Å². The number of rotatable bonds is 8. The van der Waals surface area contributed by atoms with Gasteiger partial charge in [0.2, 0.25) is 10.0 Å². The lowest BCUT2D eigenvalue weighted by atomic mass is 10.2. The Balaban J connectivity index is 2.90. The van der Waals surface area contributed by atoms with Crippen LogP contribution in [0, 0.1) is 0 Å². The standard InChI is InChI=1S/C13H23N3O4S/c1-5-16-9-11(8-12(16)13(17)18)21(19,20)14-10(2)6-7-15(3)4/h8-10,14H,5-7H2,1-4H3,(H,17,18). The average Bonchev–Trinajstić information content (AvgIpc) is 2.80. The van der Waals surface area contributed by atoms with Crippen LogP contribution >= 0.6 is 0 Å². The van der Waals surface area contributed by atoms with E-state index in [0.717, 1.165) is 6.54 Å². The normalized spacial score (nSPS) is 13.6. The molecule has 0 saturated carbocycles. The Hall–Kier alpha value is -1.38. The van der Waals surface area contributed by atoms with Crippen LogP contribution in [0.4, 0.5) is 0 Å². The molecule has 7 nitrogen and oxygen atoms in total. The zero-order chi connectivity index (χ0) is 16.2. The molecule has 0 aliphatic rings. The average molecular weight is 317 g/mol. The highest BCUT2D eigenvalue weighted by atomic mass is 32.2. The smallest absolute Gasteiger partial charge is 0.352 e. The summed E-state index contributed by atoms with van der Waals surface area (Å²) in [6.45, 7) is 4.71. The van der Waals surface area contributed by atoms with Crippen LogP contribution in [-0.4, -0.2) is 55.6 Å². The van der Waals surface area contributed by atoms with E-state index in [2.05, 4.69) is 4.72 Å². The molecular formula is C13H23N3O4S. The molecule has 2 N–H and O–H groups in total. The Kier molecular flexibility index (Phi) is 5.94. The van der Waals surface area contributed by atoms with Crippen LogP contribution in [0.25, 0.3) is 0 Å². The molecule has 0 spiro atoms. The maximum atomic E-state index is 12.3. The van der Waals surface area contributed by atoms with E-state index in [1.54, 1.807) is 13.8 Å². The number of sulfonamides is 1. The van der Waals surface area contributed by atoms with Crippen molar-refractivity contribution < 1.29 is 18.3 Å². The predicted molar refractivity (Wildman–Crippen MR) is 80.0 cm³/mol. The first-order valence-corrected chi connectivity index (χ1v) is 8.26. The van der Waals surface area contributed by atoms with E-state index in [1.165, 1.54) is 16.8 Å². The molecule has 1 aromatic heterocycles. The zero-order valence-corrected chi connectivity index (χ0v) is 13.6. The fourth-order valence-corrected chi connectivity index (χ4v) is 3.23. The summed E-state index contributed by atoms with van der Waals surface area (Å²) < 4.78 is 28.5. The Morgan fingerprint density at radius 2 is 2.10 bits per heavy atom. The number of hydrogen-bond acceptors (Lipinski definition) is 4. The lowest BCUT2D eigenvalue weighted by Gasteiger charge is -2.16. The number of carboxylic acid groups (broad SMARTS) is 1. The first kappa shape index (κ1) is 17.7. The molecular weight excluding hydrogens is 294 g/mol. The van der Waals surface area contributed by atoms with E-state index in [9.17, 15) is 13.2 Å². The Labute approximate surface area is 125 Å². The van der Waals surface area contributed by atoms with Crippen molar-refractivity contribution in [1.29, 1.82) is 0 Å². The van der Waals surface area contributed by atoms with Gasteiger partial charge in [-0.3, -0.25) is 0 Å². The molecule has 1 rings (SSSR count). The van der Waals surface area contributed by atoms with Gasteiger partial charge in [-0.1, -0.05) is 0 Å². The molecule has 1 atom stereocenters. The predicted octanol–water partition coefficient (Wildman–Crippen LogP) is 0.825. The number of hydrogen-bond donors (Lipinski definition) is 2. The van der Waals surface area contributed by atoms with E-state index >= 15 is 0 Å². The number of aryl methyl sites for hydroxylation is 1. The Morgan fingerprint density at radius 1 is 1.48 bits per heavy atom. The van der Waals surface area contributed by atoms with Gasteiger partial charge in [0, 0.05) is 18.8 Å². The van der Waals surface area contributed by atoms with Crippen molar-refractivity contribution in [2.75, 3.05) is 20.6 Å². The van der Waals surface area contributed by atoms with Gasteiger partial charge in [-0.05, 0) is 47.0 Å². The second kappa shape index (κ2) is 7.06. The first-order chi connectivity index (χ1) is 9.67. The van der Waals surface area contributed by atoms with E-state index < -0.39 is 16.0 Å². The summed E-state index contributed by atoms with van der Waals surface area (Å²) in [4.78, 5) is 13.0. The lowest BCUT2D eigenvalue weighted by molar-refractivity contribution is 0.0685. The highest BCUT2D eigenvalue weighted by Gasteiger charge is 2.22. The molecule has 0 aliphatic carbocycles. The van der Waals surface area contributed by atoms with Gasteiger partial charge in [0.15, 0.2) is 0 Å². The molecule has 120 valence electrons. The lowest BCUT2D eigenvalue weighted by Crippen LogP contribution is -2.34. The van der Waals surface area contributed by atoms with Gasteiger partial charge in [-0.15, -0.1) is 0 Å². The number of aromatic nitrogens is 1. The van der Waals surface area contributed by atoms with Crippen LogP contribution in [0.15, 0.2) is 17.2 Å². The fraction of sp³-hybridized carbons (Fsp3) is 0.615. The minimum Gasteiger partial charge on any atom is -0.477 e. The van der Waals surface area contributed by atoms with Crippen molar-refractivity contribution in [2.24, 2.45) is 0 Å². The second-order valence-corrected chi connectivity index (χ2v) is 6.98. The summed E-state index contributed by atoms with van der Waals surface area (Å²) in [5.74, 6) is -1.14. The Bertz CT molecular complexity index is 593. The van der Waals surface area contributed by atoms with Gasteiger partial charge >= 0.3 is 5.97 Å². The maximum Gasteiger partial charge on any atom is 0.352 e. The van der Waals surface area contributed by atoms with Crippen LogP contribution in [0.2, 0.25) is 0 Å². The highest BCUT2D eigenvalue weighted by molar-refractivity contribution is 7.89. The Morgan fingerprint density at radius 3 is 2.52 bits per heavy atom. The number of nitrogens with zero attached hydrogens (tertiary/aromatic N) is 2. The van der Waals surface area contributed by atoms with Gasteiger partial charge in [0.05, 0.1) is 0 Å². The van der Waals surface area contributed by atoms with Crippen LogP contribution in [0.3, 0.4) is 0 Å². The highest BCUT2D eigenvalue weighted by Crippen LogP contribution is 2.15. The first-order valence-electron chi connectivity index (χ1n) is 6.78. The quantitative estimate of drug-likeness (QED) is 0.741. The van der Waals surface area contributed by atoms with Gasteiger partial charge in [-0.25, -0.2) is 17.9 Å². The van der Waals surface area contributed by atoms with E-state index in [4.69, 9.17) is 5.11 Å². The molecule has 0 aromatic carbocycles. The van der Waals surface area contributed by atoms with Crippen LogP contribution in [0.5, 0.6) is 0 Å². The third-order valence-electron chi connectivity index (χ3n) is 3.11. The fourth-order valence-electron chi connectivity index (χ4n) is 1.91. The summed E-state index contributed by atoms with van der Waals surface area (Å²) >= 11 is 0. The summed E-state index contributed by atoms with van der Waals surface area (Å²) in [5.41, 5.74) is -0.0289. The third-order valence-corrected chi connectivity index (χ3v) is 4.66. The monoisotopic (exact) mass is 317 g/mol. The number of carboxylic acids is 1. The van der Waals surface area contributed by atoms with Crippen molar-refractivity contribution in [3.63, 3.8) is 0 Å². The van der Waals surface area contributed by atoms with E-state index in [-0.39, 0.29) is 16.6 Å². The largest absolute Gasteiger partial charge is 0.477 e. The third kappa shape index (κ3) is 4.83. The van der Waals surface area contributed by atoms with Crippen molar-refractivity contribution in [1.82, 2.24) is 14.2 Å². The van der Waals surface area contributed by atoms with Gasteiger partial charge in [-0.2, -0.15) is 0 Å². The SMILES string of the molecule is CCn1cc(S(=O)(=O)NC(C)CCN(C)C)cc1C(=O)O. The number of carbonyl (C=O) groups is 1. The minimum absolute atomic E-state index is 0.0153.